The van der Waals surface area contributed by atoms with Crippen molar-refractivity contribution in [2.24, 2.45) is 5.92 Å². The first-order valence-electron chi connectivity index (χ1n) is 7.00. The molecule has 0 aromatic heterocycles. The van der Waals surface area contributed by atoms with Gasteiger partial charge in [0.05, 0.1) is 0 Å². The maximum absolute atomic E-state index is 12.1. The summed E-state index contributed by atoms with van der Waals surface area (Å²) in [6.45, 7) is 10.8. The number of carbonyl (C=O) groups excluding carboxylic acids is 1. The second kappa shape index (κ2) is 6.17. The second-order valence-corrected chi connectivity index (χ2v) is 6.10. The van der Waals surface area contributed by atoms with Crippen LogP contribution in [0.3, 0.4) is 0 Å². The maximum Gasteiger partial charge on any atom is 0.140 e. The van der Waals surface area contributed by atoms with E-state index in [1.165, 1.54) is 5.56 Å². The molecule has 0 amide bonds. The van der Waals surface area contributed by atoms with Crippen LogP contribution in [-0.2, 0) is 16.6 Å². The van der Waals surface area contributed by atoms with E-state index in [2.05, 4.69) is 58.9 Å². The zero-order valence-electron chi connectivity index (χ0n) is 12.4. The van der Waals surface area contributed by atoms with Crippen molar-refractivity contribution >= 4 is 5.78 Å². The molecule has 0 fully saturated rings. The van der Waals surface area contributed by atoms with Gasteiger partial charge in [-0.2, -0.15) is 0 Å². The van der Waals surface area contributed by atoms with Crippen LogP contribution in [-0.4, -0.2) is 5.78 Å². The summed E-state index contributed by atoms with van der Waals surface area (Å²) in [4.78, 5) is 12.1. The molecule has 0 radical (unpaired) electrons. The minimum absolute atomic E-state index is 0.178. The summed E-state index contributed by atoms with van der Waals surface area (Å²) in [6.07, 6.45) is 2.49. The predicted molar refractivity (Wildman–Crippen MR) is 77.9 cm³/mol. The topological polar surface area (TPSA) is 17.1 Å². The zero-order chi connectivity index (χ0) is 13.8. The van der Waals surface area contributed by atoms with E-state index in [9.17, 15) is 4.79 Å². The molecule has 100 valence electrons. The van der Waals surface area contributed by atoms with Gasteiger partial charge in [-0.3, -0.25) is 4.79 Å². The van der Waals surface area contributed by atoms with E-state index >= 15 is 0 Å². The average molecular weight is 246 g/mol. The van der Waals surface area contributed by atoms with E-state index in [0.717, 1.165) is 18.4 Å². The lowest BCUT2D eigenvalue weighted by atomic mass is 9.86. The lowest BCUT2D eigenvalue weighted by Crippen LogP contribution is -2.15. The molecule has 0 aliphatic heterocycles. The van der Waals surface area contributed by atoms with Crippen LogP contribution in [0.1, 0.15) is 58.6 Å². The van der Waals surface area contributed by atoms with Crippen molar-refractivity contribution < 1.29 is 4.79 Å². The van der Waals surface area contributed by atoms with Gasteiger partial charge in [0.2, 0.25) is 0 Å². The van der Waals surface area contributed by atoms with Crippen LogP contribution in [0.2, 0.25) is 0 Å². The quantitative estimate of drug-likeness (QED) is 0.746. The highest BCUT2D eigenvalue weighted by Crippen LogP contribution is 2.22. The molecule has 0 saturated carbocycles. The Morgan fingerprint density at radius 1 is 1.06 bits per heavy atom. The van der Waals surface area contributed by atoms with Crippen molar-refractivity contribution in [2.45, 2.75) is 59.3 Å². The van der Waals surface area contributed by atoms with Gasteiger partial charge >= 0.3 is 0 Å². The summed E-state index contributed by atoms with van der Waals surface area (Å²) in [7, 11) is 0. The largest absolute Gasteiger partial charge is 0.299 e. The minimum atomic E-state index is 0.178. The summed E-state index contributed by atoms with van der Waals surface area (Å²) in [5, 5.41) is 0. The Kier molecular flexibility index (Phi) is 5.13. The molecule has 0 heterocycles. The molecule has 1 rings (SSSR count). The second-order valence-electron chi connectivity index (χ2n) is 6.10. The molecule has 1 nitrogen and oxygen atoms in total. The summed E-state index contributed by atoms with van der Waals surface area (Å²) in [6, 6.07) is 8.49. The molecule has 0 aliphatic carbocycles. The van der Waals surface area contributed by atoms with Crippen molar-refractivity contribution in [1.82, 2.24) is 0 Å². The Morgan fingerprint density at radius 3 is 1.94 bits per heavy atom. The van der Waals surface area contributed by atoms with E-state index in [1.807, 2.05) is 0 Å². The molecule has 0 unspecified atom stereocenters. The Hall–Kier alpha value is -1.11. The normalized spacial score (nSPS) is 11.9. The smallest absolute Gasteiger partial charge is 0.140 e. The van der Waals surface area contributed by atoms with Gasteiger partial charge < -0.3 is 0 Å². The number of hydrogen-bond acceptors (Lipinski definition) is 1. The number of ketones is 1. The van der Waals surface area contributed by atoms with Crippen molar-refractivity contribution in [3.63, 3.8) is 0 Å². The maximum atomic E-state index is 12.1. The Morgan fingerprint density at radius 2 is 1.56 bits per heavy atom. The minimum Gasteiger partial charge on any atom is -0.299 e. The van der Waals surface area contributed by atoms with Crippen molar-refractivity contribution in [3.05, 3.63) is 35.4 Å². The summed E-state index contributed by atoms with van der Waals surface area (Å²) in [5.41, 5.74) is 2.64. The highest BCUT2D eigenvalue weighted by molar-refractivity contribution is 5.83. The first kappa shape index (κ1) is 14.9. The van der Waals surface area contributed by atoms with Gasteiger partial charge in [0.1, 0.15) is 5.78 Å². The number of Topliss-reactive ketones (excluding diaryl/α,β-unsaturated/α-hetero) is 1. The Bertz CT molecular complexity index is 377. The van der Waals surface area contributed by atoms with Gasteiger partial charge in [0, 0.05) is 12.3 Å². The first-order chi connectivity index (χ1) is 8.38. The summed E-state index contributed by atoms with van der Waals surface area (Å²) >= 11 is 0. The molecule has 0 bridgehead atoms. The standard InChI is InChI=1S/C17H26O/c1-6-14(7-2)16(18)12-13-8-10-15(11-9-13)17(3,4)5/h8-11,14H,6-7,12H2,1-5H3. The molecule has 0 aliphatic rings. The first-order valence-corrected chi connectivity index (χ1v) is 7.00. The van der Waals surface area contributed by atoms with Gasteiger partial charge in [-0.25, -0.2) is 0 Å². The molecular weight excluding hydrogens is 220 g/mol. The molecule has 0 saturated heterocycles. The fourth-order valence-electron chi connectivity index (χ4n) is 2.21. The molecular formula is C17H26O. The number of rotatable bonds is 5. The van der Waals surface area contributed by atoms with E-state index in [1.54, 1.807) is 0 Å². The molecule has 0 N–H and O–H groups in total. The van der Waals surface area contributed by atoms with Gasteiger partial charge in [-0.1, -0.05) is 58.9 Å². The number of hydrogen-bond donors (Lipinski definition) is 0. The van der Waals surface area contributed by atoms with E-state index in [4.69, 9.17) is 0 Å². The molecule has 1 heteroatoms. The molecule has 18 heavy (non-hydrogen) atoms. The van der Waals surface area contributed by atoms with Crippen molar-refractivity contribution in [1.29, 1.82) is 0 Å². The van der Waals surface area contributed by atoms with Crippen molar-refractivity contribution in [2.75, 3.05) is 0 Å². The van der Waals surface area contributed by atoms with E-state index in [0.29, 0.717) is 12.2 Å². The highest BCUT2D eigenvalue weighted by atomic mass is 16.1. The van der Waals surface area contributed by atoms with Gasteiger partial charge in [-0.05, 0) is 29.4 Å². The van der Waals surface area contributed by atoms with Gasteiger partial charge in [0.15, 0.2) is 0 Å². The molecule has 0 atom stereocenters. The van der Waals surface area contributed by atoms with E-state index < -0.39 is 0 Å². The van der Waals surface area contributed by atoms with Crippen LogP contribution in [0.5, 0.6) is 0 Å². The van der Waals surface area contributed by atoms with Crippen LogP contribution < -0.4 is 0 Å². The third kappa shape index (κ3) is 3.97. The van der Waals surface area contributed by atoms with Gasteiger partial charge in [0.25, 0.3) is 0 Å². The molecule has 1 aromatic carbocycles. The SMILES string of the molecule is CCC(CC)C(=O)Cc1ccc(C(C)(C)C)cc1. The fourth-order valence-corrected chi connectivity index (χ4v) is 2.21. The van der Waals surface area contributed by atoms with Crippen LogP contribution in [0.4, 0.5) is 0 Å². The Labute approximate surface area is 112 Å². The van der Waals surface area contributed by atoms with Crippen LogP contribution in [0, 0.1) is 5.92 Å². The van der Waals surface area contributed by atoms with Crippen molar-refractivity contribution in [3.8, 4) is 0 Å². The lowest BCUT2D eigenvalue weighted by Gasteiger charge is -2.19. The monoisotopic (exact) mass is 246 g/mol. The fraction of sp³-hybridized carbons (Fsp3) is 0.588. The highest BCUT2D eigenvalue weighted by Gasteiger charge is 2.16. The zero-order valence-corrected chi connectivity index (χ0v) is 12.4. The summed E-state index contributed by atoms with van der Waals surface area (Å²) in [5.74, 6) is 0.607. The van der Waals surface area contributed by atoms with Crippen LogP contribution in [0.25, 0.3) is 0 Å². The number of benzene rings is 1. The molecule has 1 aromatic rings. The van der Waals surface area contributed by atoms with Gasteiger partial charge in [-0.15, -0.1) is 0 Å². The lowest BCUT2D eigenvalue weighted by molar-refractivity contribution is -0.122. The number of carbonyl (C=O) groups is 1. The van der Waals surface area contributed by atoms with Crippen LogP contribution in [0.15, 0.2) is 24.3 Å². The van der Waals surface area contributed by atoms with E-state index in [-0.39, 0.29) is 11.3 Å². The third-order valence-corrected chi connectivity index (χ3v) is 3.64. The molecule has 0 spiro atoms. The van der Waals surface area contributed by atoms with Crippen LogP contribution >= 0.6 is 0 Å². The Balaban J connectivity index is 2.72. The summed E-state index contributed by atoms with van der Waals surface area (Å²) < 4.78 is 0. The third-order valence-electron chi connectivity index (χ3n) is 3.64. The average Bonchev–Trinajstić information content (AvgIpc) is 2.30. The predicted octanol–water partition coefficient (Wildman–Crippen LogP) is 4.53.